The van der Waals surface area contributed by atoms with E-state index in [0.29, 0.717) is 19.4 Å². The molecule has 1 aromatic heterocycles. The maximum Gasteiger partial charge on any atom is 0.433 e. The zero-order valence-corrected chi connectivity index (χ0v) is 13.8. The van der Waals surface area contributed by atoms with Crippen molar-refractivity contribution < 1.29 is 31.5 Å². The standard InChI is InChI=1S/C17H14F5N3O2/c18-12-4-3-10(8-13(12)19)15(26)25-7-1-2-11(9-25)27-16-23-6-5-14(24-16)17(20,21)22/h3-6,8,11H,1-2,7,9H2. The highest BCUT2D eigenvalue weighted by atomic mass is 19.4. The third-order valence-corrected chi connectivity index (χ3v) is 4.03. The Balaban J connectivity index is 1.69. The number of nitrogens with zero attached hydrogens (tertiary/aromatic N) is 3. The van der Waals surface area contributed by atoms with Crippen LogP contribution in [0.2, 0.25) is 0 Å². The number of ether oxygens (including phenoxy) is 1. The first-order chi connectivity index (χ1) is 12.7. The molecule has 1 aliphatic heterocycles. The zero-order valence-electron chi connectivity index (χ0n) is 13.8. The molecule has 2 heterocycles. The maximum atomic E-state index is 13.3. The van der Waals surface area contributed by atoms with Gasteiger partial charge in [-0.15, -0.1) is 0 Å². The summed E-state index contributed by atoms with van der Waals surface area (Å²) >= 11 is 0. The van der Waals surface area contributed by atoms with E-state index in [-0.39, 0.29) is 12.1 Å². The minimum Gasteiger partial charge on any atom is -0.458 e. The normalized spacial score (nSPS) is 17.7. The topological polar surface area (TPSA) is 55.3 Å². The third kappa shape index (κ3) is 4.50. The Morgan fingerprint density at radius 2 is 1.96 bits per heavy atom. The second-order valence-electron chi connectivity index (χ2n) is 5.98. The number of likely N-dealkylation sites (tertiary alicyclic amines) is 1. The third-order valence-electron chi connectivity index (χ3n) is 4.03. The van der Waals surface area contributed by atoms with E-state index in [9.17, 15) is 26.7 Å². The van der Waals surface area contributed by atoms with Crippen molar-refractivity contribution in [2.24, 2.45) is 0 Å². The molecule has 10 heteroatoms. The fraction of sp³-hybridized carbons (Fsp3) is 0.353. The lowest BCUT2D eigenvalue weighted by Crippen LogP contribution is -2.44. The van der Waals surface area contributed by atoms with Gasteiger partial charge in [0.05, 0.1) is 6.54 Å². The lowest BCUT2D eigenvalue weighted by atomic mass is 10.1. The first kappa shape index (κ1) is 19.0. The summed E-state index contributed by atoms with van der Waals surface area (Å²) in [6, 6.07) is 3.12. The van der Waals surface area contributed by atoms with E-state index in [0.717, 1.165) is 24.4 Å². The van der Waals surface area contributed by atoms with Crippen LogP contribution in [0.1, 0.15) is 28.9 Å². The van der Waals surface area contributed by atoms with Crippen LogP contribution in [-0.2, 0) is 6.18 Å². The summed E-state index contributed by atoms with van der Waals surface area (Å²) in [6.45, 7) is 0.429. The van der Waals surface area contributed by atoms with Crippen molar-refractivity contribution in [1.29, 1.82) is 0 Å². The van der Waals surface area contributed by atoms with E-state index in [4.69, 9.17) is 4.74 Å². The Bertz CT molecular complexity index is 844. The summed E-state index contributed by atoms with van der Waals surface area (Å²) in [5.41, 5.74) is -1.15. The predicted molar refractivity (Wildman–Crippen MR) is 82.9 cm³/mol. The van der Waals surface area contributed by atoms with Crippen LogP contribution in [0, 0.1) is 11.6 Å². The molecule has 1 amide bonds. The smallest absolute Gasteiger partial charge is 0.433 e. The number of piperidine rings is 1. The van der Waals surface area contributed by atoms with E-state index in [1.165, 1.54) is 11.0 Å². The number of halogens is 5. The van der Waals surface area contributed by atoms with E-state index in [1.807, 2.05) is 0 Å². The van der Waals surface area contributed by atoms with Crippen molar-refractivity contribution in [1.82, 2.24) is 14.9 Å². The van der Waals surface area contributed by atoms with Crippen molar-refractivity contribution >= 4 is 5.91 Å². The fourth-order valence-corrected chi connectivity index (χ4v) is 2.74. The van der Waals surface area contributed by atoms with Gasteiger partial charge in [-0.05, 0) is 37.1 Å². The maximum absolute atomic E-state index is 13.3. The lowest BCUT2D eigenvalue weighted by molar-refractivity contribution is -0.141. The van der Waals surface area contributed by atoms with Gasteiger partial charge in [-0.25, -0.2) is 13.8 Å². The van der Waals surface area contributed by atoms with Crippen LogP contribution in [0.3, 0.4) is 0 Å². The van der Waals surface area contributed by atoms with Crippen LogP contribution < -0.4 is 4.74 Å². The summed E-state index contributed by atoms with van der Waals surface area (Å²) in [4.78, 5) is 20.8. The first-order valence-electron chi connectivity index (χ1n) is 8.05. The van der Waals surface area contributed by atoms with Gasteiger partial charge in [0.1, 0.15) is 6.10 Å². The minimum absolute atomic E-state index is 0.0233. The quantitative estimate of drug-likeness (QED) is 0.757. The van der Waals surface area contributed by atoms with Crippen molar-refractivity contribution in [3.8, 4) is 6.01 Å². The van der Waals surface area contributed by atoms with E-state index in [1.54, 1.807) is 0 Å². The highest BCUT2D eigenvalue weighted by Gasteiger charge is 2.33. The average molecular weight is 387 g/mol. The summed E-state index contributed by atoms with van der Waals surface area (Å²) in [5.74, 6) is -2.72. The highest BCUT2D eigenvalue weighted by molar-refractivity contribution is 5.94. The number of hydrogen-bond donors (Lipinski definition) is 0. The van der Waals surface area contributed by atoms with E-state index in [2.05, 4.69) is 9.97 Å². The molecule has 0 saturated carbocycles. The Hall–Kier alpha value is -2.78. The monoisotopic (exact) mass is 387 g/mol. The lowest BCUT2D eigenvalue weighted by Gasteiger charge is -2.32. The van der Waals surface area contributed by atoms with Gasteiger partial charge in [0.15, 0.2) is 17.3 Å². The molecule has 2 aromatic rings. The molecule has 144 valence electrons. The molecule has 1 atom stereocenters. The minimum atomic E-state index is -4.62. The number of hydrogen-bond acceptors (Lipinski definition) is 4. The van der Waals surface area contributed by atoms with Crippen LogP contribution in [-0.4, -0.2) is 40.0 Å². The number of carbonyl (C=O) groups is 1. The van der Waals surface area contributed by atoms with E-state index < -0.39 is 41.5 Å². The summed E-state index contributed by atoms with van der Waals surface area (Å²) < 4.78 is 69.9. The zero-order chi connectivity index (χ0) is 19.6. The molecule has 3 rings (SSSR count). The van der Waals surface area contributed by atoms with Gasteiger partial charge < -0.3 is 9.64 Å². The van der Waals surface area contributed by atoms with Gasteiger partial charge in [0.25, 0.3) is 5.91 Å². The molecule has 1 unspecified atom stereocenters. The van der Waals surface area contributed by atoms with Crippen LogP contribution in [0.15, 0.2) is 30.5 Å². The number of aromatic nitrogens is 2. The van der Waals surface area contributed by atoms with E-state index >= 15 is 0 Å². The van der Waals surface area contributed by atoms with Gasteiger partial charge in [-0.3, -0.25) is 4.79 Å². The molecular weight excluding hydrogens is 373 g/mol. The number of carbonyl (C=O) groups excluding carboxylic acids is 1. The molecule has 0 radical (unpaired) electrons. The number of rotatable bonds is 3. The molecule has 5 nitrogen and oxygen atoms in total. The Morgan fingerprint density at radius 1 is 1.19 bits per heavy atom. The predicted octanol–water partition coefficient (Wildman–Crippen LogP) is 3.46. The molecule has 0 spiro atoms. The van der Waals surface area contributed by atoms with Crippen LogP contribution in [0.4, 0.5) is 22.0 Å². The molecule has 1 fully saturated rings. The SMILES string of the molecule is O=C(c1ccc(F)c(F)c1)N1CCCC(Oc2nccc(C(F)(F)F)n2)C1. The number of alkyl halides is 3. The number of amides is 1. The summed E-state index contributed by atoms with van der Waals surface area (Å²) in [7, 11) is 0. The fourth-order valence-electron chi connectivity index (χ4n) is 2.74. The largest absolute Gasteiger partial charge is 0.458 e. The molecule has 1 aliphatic rings. The Kier molecular flexibility index (Phi) is 5.24. The first-order valence-corrected chi connectivity index (χ1v) is 8.05. The molecular formula is C17H14F5N3O2. The van der Waals surface area contributed by atoms with Crippen LogP contribution in [0.5, 0.6) is 6.01 Å². The number of benzene rings is 1. The van der Waals surface area contributed by atoms with Gasteiger partial charge in [0, 0.05) is 18.3 Å². The van der Waals surface area contributed by atoms with Crippen molar-refractivity contribution in [2.45, 2.75) is 25.1 Å². The van der Waals surface area contributed by atoms with Gasteiger partial charge in [0.2, 0.25) is 0 Å². The van der Waals surface area contributed by atoms with Crippen molar-refractivity contribution in [3.05, 3.63) is 53.4 Å². The summed E-state index contributed by atoms with van der Waals surface area (Å²) in [6.07, 6.45) is -3.28. The average Bonchev–Trinajstić information content (AvgIpc) is 2.63. The van der Waals surface area contributed by atoms with Crippen LogP contribution in [0.25, 0.3) is 0 Å². The molecule has 0 bridgehead atoms. The van der Waals surface area contributed by atoms with Crippen molar-refractivity contribution in [2.75, 3.05) is 13.1 Å². The Labute approximate surface area is 150 Å². The van der Waals surface area contributed by atoms with Gasteiger partial charge in [-0.2, -0.15) is 18.2 Å². The second kappa shape index (κ2) is 7.45. The summed E-state index contributed by atoms with van der Waals surface area (Å²) in [5, 5.41) is 0. The van der Waals surface area contributed by atoms with Gasteiger partial charge in [-0.1, -0.05) is 0 Å². The van der Waals surface area contributed by atoms with Crippen LogP contribution >= 0.6 is 0 Å². The second-order valence-corrected chi connectivity index (χ2v) is 5.98. The van der Waals surface area contributed by atoms with Gasteiger partial charge >= 0.3 is 12.2 Å². The Morgan fingerprint density at radius 3 is 2.67 bits per heavy atom. The molecule has 1 aromatic carbocycles. The molecule has 0 N–H and O–H groups in total. The molecule has 1 saturated heterocycles. The highest BCUT2D eigenvalue weighted by Crippen LogP contribution is 2.28. The van der Waals surface area contributed by atoms with Crippen molar-refractivity contribution in [3.63, 3.8) is 0 Å². The molecule has 0 aliphatic carbocycles. The molecule has 27 heavy (non-hydrogen) atoms.